The number of nitrogens with zero attached hydrogens (tertiary/aromatic N) is 2. The van der Waals surface area contributed by atoms with Gasteiger partial charge in [-0.15, -0.1) is 0 Å². The summed E-state index contributed by atoms with van der Waals surface area (Å²) in [5.74, 6) is 0.690. The third-order valence-corrected chi connectivity index (χ3v) is 2.98. The standard InChI is InChI=1S/C12H20N4OS/c1-4-13-12(15-8-11(17)16(2)3)14-7-10-5-6-18-9-10/h5-6,9H,4,7-8H2,1-3H3,(H2,13,14,15). The van der Waals surface area contributed by atoms with Gasteiger partial charge in [0.2, 0.25) is 5.91 Å². The predicted octanol–water partition coefficient (Wildman–Crippen LogP) is 0.891. The van der Waals surface area contributed by atoms with Crippen LogP contribution in [0.3, 0.4) is 0 Å². The highest BCUT2D eigenvalue weighted by Gasteiger charge is 2.04. The molecule has 0 saturated heterocycles. The van der Waals surface area contributed by atoms with Crippen LogP contribution in [0.15, 0.2) is 21.8 Å². The van der Waals surface area contributed by atoms with E-state index in [9.17, 15) is 4.79 Å². The smallest absolute Gasteiger partial charge is 0.241 e. The van der Waals surface area contributed by atoms with Gasteiger partial charge >= 0.3 is 0 Å². The average Bonchev–Trinajstić information content (AvgIpc) is 2.85. The summed E-state index contributed by atoms with van der Waals surface area (Å²) in [6.07, 6.45) is 0. The second-order valence-electron chi connectivity index (χ2n) is 3.97. The quantitative estimate of drug-likeness (QED) is 0.616. The summed E-state index contributed by atoms with van der Waals surface area (Å²) in [6, 6.07) is 2.04. The predicted molar refractivity (Wildman–Crippen MR) is 75.8 cm³/mol. The van der Waals surface area contributed by atoms with E-state index in [2.05, 4.69) is 21.0 Å². The lowest BCUT2D eigenvalue weighted by molar-refractivity contribution is -0.127. The number of likely N-dealkylation sites (N-methyl/N-ethyl adjacent to an activating group) is 1. The number of carbonyl (C=O) groups is 1. The Morgan fingerprint density at radius 3 is 2.78 bits per heavy atom. The molecule has 0 aliphatic rings. The lowest BCUT2D eigenvalue weighted by Gasteiger charge is -2.13. The minimum atomic E-state index is 0.0242. The molecule has 0 aliphatic carbocycles. The van der Waals surface area contributed by atoms with Crippen molar-refractivity contribution < 1.29 is 4.79 Å². The van der Waals surface area contributed by atoms with E-state index in [1.54, 1.807) is 30.3 Å². The molecule has 0 bridgehead atoms. The van der Waals surface area contributed by atoms with E-state index in [4.69, 9.17) is 0 Å². The SMILES string of the molecule is CCNC(=NCc1ccsc1)NCC(=O)N(C)C. The van der Waals surface area contributed by atoms with Gasteiger partial charge < -0.3 is 15.5 Å². The first-order chi connectivity index (χ1) is 8.63. The zero-order valence-electron chi connectivity index (χ0n) is 11.1. The van der Waals surface area contributed by atoms with Gasteiger partial charge in [-0.2, -0.15) is 11.3 Å². The Bertz CT molecular complexity index is 387. The molecule has 0 saturated carbocycles. The average molecular weight is 268 g/mol. The van der Waals surface area contributed by atoms with Crippen molar-refractivity contribution in [3.05, 3.63) is 22.4 Å². The maximum Gasteiger partial charge on any atom is 0.241 e. The Labute approximate surface area is 112 Å². The summed E-state index contributed by atoms with van der Waals surface area (Å²) in [6.45, 7) is 3.64. The lowest BCUT2D eigenvalue weighted by Crippen LogP contribution is -2.42. The molecule has 1 amide bonds. The number of amides is 1. The highest BCUT2D eigenvalue weighted by molar-refractivity contribution is 7.07. The van der Waals surface area contributed by atoms with Gasteiger partial charge in [-0.05, 0) is 29.3 Å². The van der Waals surface area contributed by atoms with Gasteiger partial charge in [0.1, 0.15) is 0 Å². The number of nitrogens with one attached hydrogen (secondary N) is 2. The van der Waals surface area contributed by atoms with E-state index >= 15 is 0 Å². The highest BCUT2D eigenvalue weighted by atomic mass is 32.1. The molecule has 0 aliphatic heterocycles. The molecule has 1 aromatic rings. The Kier molecular flexibility index (Phi) is 6.21. The summed E-state index contributed by atoms with van der Waals surface area (Å²) in [4.78, 5) is 17.4. The molecule has 0 aromatic carbocycles. The summed E-state index contributed by atoms with van der Waals surface area (Å²) in [7, 11) is 3.47. The van der Waals surface area contributed by atoms with Crippen molar-refractivity contribution in [1.82, 2.24) is 15.5 Å². The first kappa shape index (κ1) is 14.5. The van der Waals surface area contributed by atoms with Crippen LogP contribution in [0, 0.1) is 0 Å². The van der Waals surface area contributed by atoms with Gasteiger partial charge in [0.15, 0.2) is 5.96 Å². The number of hydrogen-bond acceptors (Lipinski definition) is 3. The molecule has 1 rings (SSSR count). The maximum atomic E-state index is 11.5. The van der Waals surface area contributed by atoms with Crippen molar-refractivity contribution in [1.29, 1.82) is 0 Å². The number of rotatable bonds is 5. The van der Waals surface area contributed by atoms with Gasteiger partial charge in [-0.1, -0.05) is 0 Å². The van der Waals surface area contributed by atoms with Crippen molar-refractivity contribution in [2.75, 3.05) is 27.2 Å². The third-order valence-electron chi connectivity index (χ3n) is 2.25. The van der Waals surface area contributed by atoms with Crippen molar-refractivity contribution in [3.63, 3.8) is 0 Å². The van der Waals surface area contributed by atoms with Crippen LogP contribution in [0.5, 0.6) is 0 Å². The zero-order valence-corrected chi connectivity index (χ0v) is 11.9. The van der Waals surface area contributed by atoms with E-state index in [1.165, 1.54) is 5.56 Å². The van der Waals surface area contributed by atoms with Crippen molar-refractivity contribution in [3.8, 4) is 0 Å². The fourth-order valence-corrected chi connectivity index (χ4v) is 1.87. The fourth-order valence-electron chi connectivity index (χ4n) is 1.21. The Morgan fingerprint density at radius 1 is 1.44 bits per heavy atom. The lowest BCUT2D eigenvalue weighted by atomic mass is 10.3. The van der Waals surface area contributed by atoms with Gasteiger partial charge in [-0.25, -0.2) is 4.99 Å². The molecule has 5 nitrogen and oxygen atoms in total. The van der Waals surface area contributed by atoms with Gasteiger partial charge in [0.25, 0.3) is 0 Å². The fraction of sp³-hybridized carbons (Fsp3) is 0.500. The van der Waals surface area contributed by atoms with Gasteiger partial charge in [-0.3, -0.25) is 4.79 Å². The van der Waals surface area contributed by atoms with Gasteiger partial charge in [0, 0.05) is 20.6 Å². The summed E-state index contributed by atoms with van der Waals surface area (Å²) < 4.78 is 0. The van der Waals surface area contributed by atoms with Crippen LogP contribution in [0.25, 0.3) is 0 Å². The van der Waals surface area contributed by atoms with E-state index < -0.39 is 0 Å². The third kappa shape index (κ3) is 5.18. The van der Waals surface area contributed by atoms with Gasteiger partial charge in [0.05, 0.1) is 13.1 Å². The molecule has 2 N–H and O–H groups in total. The topological polar surface area (TPSA) is 56.7 Å². The minimum absolute atomic E-state index is 0.0242. The van der Waals surface area contributed by atoms with E-state index in [0.717, 1.165) is 6.54 Å². The van der Waals surface area contributed by atoms with Crippen LogP contribution in [0.1, 0.15) is 12.5 Å². The zero-order chi connectivity index (χ0) is 13.4. The molecule has 0 fully saturated rings. The normalized spacial score (nSPS) is 11.2. The molecule has 0 radical (unpaired) electrons. The Balaban J connectivity index is 2.48. The molecular formula is C12H20N4OS. The van der Waals surface area contributed by atoms with Crippen LogP contribution < -0.4 is 10.6 Å². The monoisotopic (exact) mass is 268 g/mol. The van der Waals surface area contributed by atoms with E-state index in [0.29, 0.717) is 12.5 Å². The first-order valence-electron chi connectivity index (χ1n) is 5.87. The Hall–Kier alpha value is -1.56. The van der Waals surface area contributed by atoms with Crippen molar-refractivity contribution in [2.24, 2.45) is 4.99 Å². The van der Waals surface area contributed by atoms with Crippen molar-refractivity contribution >= 4 is 23.2 Å². The number of aliphatic imine (C=N–C) groups is 1. The number of hydrogen-bond donors (Lipinski definition) is 2. The molecule has 0 unspecified atom stereocenters. The number of guanidine groups is 1. The molecule has 100 valence electrons. The molecule has 1 heterocycles. The van der Waals surface area contributed by atoms with Crippen molar-refractivity contribution in [2.45, 2.75) is 13.5 Å². The number of carbonyl (C=O) groups excluding carboxylic acids is 1. The number of thiophene rings is 1. The van der Waals surface area contributed by atoms with Crippen LogP contribution >= 0.6 is 11.3 Å². The maximum absolute atomic E-state index is 11.5. The summed E-state index contributed by atoms with van der Waals surface area (Å²) in [5, 5.41) is 10.2. The van der Waals surface area contributed by atoms with Crippen LogP contribution in [-0.2, 0) is 11.3 Å². The highest BCUT2D eigenvalue weighted by Crippen LogP contribution is 2.06. The second kappa shape index (κ2) is 7.71. The molecule has 0 atom stereocenters. The minimum Gasteiger partial charge on any atom is -0.357 e. The van der Waals surface area contributed by atoms with Crippen LogP contribution in [0.4, 0.5) is 0 Å². The molecule has 18 heavy (non-hydrogen) atoms. The molecule has 6 heteroatoms. The molecule has 1 aromatic heterocycles. The van der Waals surface area contributed by atoms with Crippen LogP contribution in [-0.4, -0.2) is 44.0 Å². The summed E-state index contributed by atoms with van der Waals surface area (Å²) >= 11 is 1.66. The first-order valence-corrected chi connectivity index (χ1v) is 6.81. The summed E-state index contributed by atoms with van der Waals surface area (Å²) in [5.41, 5.74) is 1.18. The second-order valence-corrected chi connectivity index (χ2v) is 4.75. The molecule has 0 spiro atoms. The largest absolute Gasteiger partial charge is 0.357 e. The Morgan fingerprint density at radius 2 is 2.22 bits per heavy atom. The van der Waals surface area contributed by atoms with E-state index in [1.807, 2.05) is 18.4 Å². The van der Waals surface area contributed by atoms with E-state index in [-0.39, 0.29) is 12.5 Å². The molecular weight excluding hydrogens is 248 g/mol. The van der Waals surface area contributed by atoms with Crippen LogP contribution in [0.2, 0.25) is 0 Å².